The van der Waals surface area contributed by atoms with Gasteiger partial charge in [-0.15, -0.1) is 0 Å². The molecule has 0 radical (unpaired) electrons. The molecule has 0 saturated carbocycles. The van der Waals surface area contributed by atoms with Gasteiger partial charge in [-0.3, -0.25) is 0 Å². The second-order valence-electron chi connectivity index (χ2n) is 5.70. The van der Waals surface area contributed by atoms with E-state index in [1.54, 1.807) is 0 Å². The van der Waals surface area contributed by atoms with Crippen LogP contribution < -0.4 is 10.6 Å². The number of thioether (sulfide) groups is 1. The summed E-state index contributed by atoms with van der Waals surface area (Å²) in [5.74, 6) is 1.18. The van der Waals surface area contributed by atoms with Crippen LogP contribution in [0.15, 0.2) is 30.3 Å². The third-order valence-electron chi connectivity index (χ3n) is 3.85. The van der Waals surface area contributed by atoms with Crippen LogP contribution in [0, 0.1) is 0 Å². The van der Waals surface area contributed by atoms with Gasteiger partial charge in [-0.2, -0.15) is 11.8 Å². The molecular formula is C16H24N2O2S. The molecule has 2 rings (SSSR count). The molecule has 0 bridgehead atoms. The lowest BCUT2D eigenvalue weighted by molar-refractivity contribution is 0.228. The topological polar surface area (TPSA) is 61.4 Å². The van der Waals surface area contributed by atoms with E-state index in [0.717, 1.165) is 12.0 Å². The number of aliphatic hydroxyl groups is 1. The normalized spacial score (nSPS) is 22.8. The molecule has 2 atom stereocenters. The summed E-state index contributed by atoms with van der Waals surface area (Å²) >= 11 is 1.93. The SMILES string of the molecule is CC1(CNC(=O)N[C@H](CCO)c2ccccc2)CCCS1. The van der Waals surface area contributed by atoms with Crippen molar-refractivity contribution in [3.63, 3.8) is 0 Å². The van der Waals surface area contributed by atoms with Crippen molar-refractivity contribution in [2.24, 2.45) is 0 Å². The number of rotatable bonds is 6. The van der Waals surface area contributed by atoms with Crippen LogP contribution in [0.1, 0.15) is 37.8 Å². The molecule has 1 heterocycles. The molecule has 0 spiro atoms. The van der Waals surface area contributed by atoms with Crippen LogP contribution in [-0.2, 0) is 0 Å². The standard InChI is InChI=1S/C16H24N2O2S/c1-16(9-5-11-21-16)12-17-15(20)18-14(8-10-19)13-6-3-2-4-7-13/h2-4,6-7,14,19H,5,8-12H2,1H3,(H2,17,18,20)/t14-,16?/m1/s1. The lowest BCUT2D eigenvalue weighted by Gasteiger charge is -2.24. The van der Waals surface area contributed by atoms with Crippen molar-refractivity contribution in [3.8, 4) is 0 Å². The van der Waals surface area contributed by atoms with E-state index in [1.165, 1.54) is 12.2 Å². The predicted molar refractivity (Wildman–Crippen MR) is 87.5 cm³/mol. The van der Waals surface area contributed by atoms with Gasteiger partial charge in [0.2, 0.25) is 0 Å². The molecule has 1 saturated heterocycles. The Morgan fingerprint density at radius 1 is 1.43 bits per heavy atom. The summed E-state index contributed by atoms with van der Waals surface area (Å²) in [5.41, 5.74) is 1.02. The fourth-order valence-electron chi connectivity index (χ4n) is 2.59. The Kier molecular flexibility index (Phi) is 5.94. The molecule has 5 heteroatoms. The molecule has 3 N–H and O–H groups in total. The quantitative estimate of drug-likeness (QED) is 0.757. The van der Waals surface area contributed by atoms with Gasteiger partial charge in [0, 0.05) is 17.9 Å². The Labute approximate surface area is 130 Å². The minimum Gasteiger partial charge on any atom is -0.396 e. The third kappa shape index (κ3) is 4.93. The Morgan fingerprint density at radius 3 is 2.81 bits per heavy atom. The maximum absolute atomic E-state index is 12.1. The summed E-state index contributed by atoms with van der Waals surface area (Å²) in [4.78, 5) is 12.1. The number of benzene rings is 1. The van der Waals surface area contributed by atoms with Crippen molar-refractivity contribution in [3.05, 3.63) is 35.9 Å². The zero-order valence-corrected chi connectivity index (χ0v) is 13.3. The van der Waals surface area contributed by atoms with E-state index in [2.05, 4.69) is 17.6 Å². The molecular weight excluding hydrogens is 284 g/mol. The van der Waals surface area contributed by atoms with Gasteiger partial charge in [0.1, 0.15) is 0 Å². The summed E-state index contributed by atoms with van der Waals surface area (Å²) < 4.78 is 0.163. The molecule has 1 fully saturated rings. The highest BCUT2D eigenvalue weighted by Gasteiger charge is 2.29. The number of carbonyl (C=O) groups is 1. The summed E-state index contributed by atoms with van der Waals surface area (Å²) in [5, 5.41) is 15.1. The predicted octanol–water partition coefficient (Wildman–Crippen LogP) is 2.70. The number of hydrogen-bond donors (Lipinski definition) is 3. The third-order valence-corrected chi connectivity index (χ3v) is 5.39. The summed E-state index contributed by atoms with van der Waals surface area (Å²) in [7, 11) is 0. The van der Waals surface area contributed by atoms with Crippen LogP contribution in [0.5, 0.6) is 0 Å². The van der Waals surface area contributed by atoms with Gasteiger partial charge < -0.3 is 15.7 Å². The first kappa shape index (κ1) is 16.2. The van der Waals surface area contributed by atoms with Crippen molar-refractivity contribution in [1.82, 2.24) is 10.6 Å². The molecule has 1 aliphatic rings. The van der Waals surface area contributed by atoms with E-state index in [4.69, 9.17) is 0 Å². The van der Waals surface area contributed by atoms with Crippen molar-refractivity contribution in [2.45, 2.75) is 37.0 Å². The molecule has 116 valence electrons. The first-order chi connectivity index (χ1) is 10.1. The van der Waals surface area contributed by atoms with E-state index in [9.17, 15) is 9.90 Å². The van der Waals surface area contributed by atoms with E-state index in [-0.39, 0.29) is 23.4 Å². The highest BCUT2D eigenvalue weighted by atomic mass is 32.2. The Bertz CT molecular complexity index is 447. The van der Waals surface area contributed by atoms with Crippen molar-refractivity contribution >= 4 is 17.8 Å². The average Bonchev–Trinajstić information content (AvgIpc) is 2.93. The van der Waals surface area contributed by atoms with Crippen molar-refractivity contribution < 1.29 is 9.90 Å². The molecule has 21 heavy (non-hydrogen) atoms. The number of carbonyl (C=O) groups excluding carboxylic acids is 1. The van der Waals surface area contributed by atoms with Crippen LogP contribution in [-0.4, -0.2) is 34.8 Å². The van der Waals surface area contributed by atoms with Gasteiger partial charge in [0.25, 0.3) is 0 Å². The van der Waals surface area contributed by atoms with Gasteiger partial charge in [-0.1, -0.05) is 30.3 Å². The highest BCUT2D eigenvalue weighted by Crippen LogP contribution is 2.36. The maximum atomic E-state index is 12.1. The fraction of sp³-hybridized carbons (Fsp3) is 0.562. The minimum absolute atomic E-state index is 0.0490. The second kappa shape index (κ2) is 7.71. The van der Waals surface area contributed by atoms with Crippen LogP contribution in [0.3, 0.4) is 0 Å². The average molecular weight is 308 g/mol. The highest BCUT2D eigenvalue weighted by molar-refractivity contribution is 8.00. The van der Waals surface area contributed by atoms with Gasteiger partial charge in [-0.25, -0.2) is 4.79 Å². The van der Waals surface area contributed by atoms with Crippen molar-refractivity contribution in [1.29, 1.82) is 0 Å². The molecule has 1 aliphatic heterocycles. The van der Waals surface area contributed by atoms with E-state index >= 15 is 0 Å². The molecule has 0 aliphatic carbocycles. The van der Waals surface area contributed by atoms with Crippen LogP contribution >= 0.6 is 11.8 Å². The van der Waals surface area contributed by atoms with Gasteiger partial charge in [-0.05, 0) is 37.5 Å². The number of amides is 2. The van der Waals surface area contributed by atoms with Gasteiger partial charge in [0.15, 0.2) is 0 Å². The smallest absolute Gasteiger partial charge is 0.315 e. The first-order valence-electron chi connectivity index (χ1n) is 7.47. The largest absolute Gasteiger partial charge is 0.396 e. The van der Waals surface area contributed by atoms with Gasteiger partial charge >= 0.3 is 6.03 Å². The van der Waals surface area contributed by atoms with E-state index < -0.39 is 0 Å². The molecule has 1 aromatic carbocycles. The zero-order chi connectivity index (χ0) is 15.1. The summed E-state index contributed by atoms with van der Waals surface area (Å²) in [6.45, 7) is 2.94. The number of urea groups is 1. The molecule has 1 unspecified atom stereocenters. The Hall–Kier alpha value is -1.20. The number of aliphatic hydroxyl groups excluding tert-OH is 1. The summed E-state index contributed by atoms with van der Waals surface area (Å²) in [6.07, 6.45) is 2.89. The van der Waals surface area contributed by atoms with Crippen molar-refractivity contribution in [2.75, 3.05) is 18.9 Å². The molecule has 2 amide bonds. The lowest BCUT2D eigenvalue weighted by atomic mass is 10.0. The minimum atomic E-state index is -0.161. The lowest BCUT2D eigenvalue weighted by Crippen LogP contribution is -2.43. The molecule has 1 aromatic rings. The number of hydrogen-bond acceptors (Lipinski definition) is 3. The van der Waals surface area contributed by atoms with Crippen LogP contribution in [0.25, 0.3) is 0 Å². The van der Waals surface area contributed by atoms with Gasteiger partial charge in [0.05, 0.1) is 6.04 Å². The van der Waals surface area contributed by atoms with E-state index in [1.807, 2.05) is 42.1 Å². The summed E-state index contributed by atoms with van der Waals surface area (Å²) in [6, 6.07) is 9.44. The Morgan fingerprint density at radius 2 is 2.19 bits per heavy atom. The molecule has 0 aromatic heterocycles. The molecule has 4 nitrogen and oxygen atoms in total. The fourth-order valence-corrected chi connectivity index (χ4v) is 3.83. The monoisotopic (exact) mass is 308 g/mol. The number of nitrogens with one attached hydrogen (secondary N) is 2. The van der Waals surface area contributed by atoms with Crippen LogP contribution in [0.4, 0.5) is 4.79 Å². The first-order valence-corrected chi connectivity index (χ1v) is 8.46. The Balaban J connectivity index is 1.86. The zero-order valence-electron chi connectivity index (χ0n) is 12.5. The second-order valence-corrected chi connectivity index (χ2v) is 7.39. The maximum Gasteiger partial charge on any atom is 0.315 e. The van der Waals surface area contributed by atoms with E-state index in [0.29, 0.717) is 13.0 Å². The van der Waals surface area contributed by atoms with Crippen LogP contribution in [0.2, 0.25) is 0 Å².